The molecule has 0 radical (unpaired) electrons. The van der Waals surface area contributed by atoms with Crippen LogP contribution >= 0.6 is 0 Å². The van der Waals surface area contributed by atoms with Crippen molar-refractivity contribution in [2.24, 2.45) is 0 Å². The highest BCUT2D eigenvalue weighted by Gasteiger charge is 2.20. The van der Waals surface area contributed by atoms with Crippen molar-refractivity contribution in [3.8, 4) is 6.07 Å². The molecule has 1 rings (SSSR count). The van der Waals surface area contributed by atoms with Gasteiger partial charge in [0.05, 0.1) is 0 Å². The molecule has 0 fully saturated rings. The Balaban J connectivity index is 3.00. The van der Waals surface area contributed by atoms with E-state index in [2.05, 4.69) is 4.72 Å². The number of sulfonamides is 1. The van der Waals surface area contributed by atoms with Crippen LogP contribution in [-0.2, 0) is 10.0 Å². The van der Waals surface area contributed by atoms with Gasteiger partial charge in [-0.05, 0) is 26.2 Å². The van der Waals surface area contributed by atoms with Crippen LogP contribution in [0.2, 0.25) is 0 Å². The lowest BCUT2D eigenvalue weighted by molar-refractivity contribution is 0.412. The van der Waals surface area contributed by atoms with Crippen molar-refractivity contribution >= 4 is 10.0 Å². The highest BCUT2D eigenvalue weighted by atomic mass is 32.2. The first-order chi connectivity index (χ1) is 8.38. The van der Waals surface area contributed by atoms with Gasteiger partial charge in [0.1, 0.15) is 22.3 Å². The number of hydrogen-bond donors (Lipinski definition) is 1. The quantitative estimate of drug-likeness (QED) is 0.848. The molecule has 0 spiro atoms. The fraction of sp³-hybridized carbons (Fsp3) is 0.364. The number of likely N-dealkylation sites (N-methyl/N-ethyl adjacent to an activating group) is 1. The third-order valence-electron chi connectivity index (χ3n) is 2.23. The van der Waals surface area contributed by atoms with Gasteiger partial charge in [-0.15, -0.1) is 0 Å². The summed E-state index contributed by atoms with van der Waals surface area (Å²) in [5.41, 5.74) is -0.463. The highest BCUT2D eigenvalue weighted by molar-refractivity contribution is 7.89. The lowest BCUT2D eigenvalue weighted by atomic mass is 10.2. The second-order valence-electron chi connectivity index (χ2n) is 3.93. The smallest absolute Gasteiger partial charge is 0.242 e. The summed E-state index contributed by atoms with van der Waals surface area (Å²) in [6.45, 7) is 0.702. The summed E-state index contributed by atoms with van der Waals surface area (Å²) < 4.78 is 39.4. The Morgan fingerprint density at radius 3 is 2.67 bits per heavy atom. The number of rotatable bonds is 5. The largest absolute Gasteiger partial charge is 0.308 e. The second-order valence-corrected chi connectivity index (χ2v) is 5.66. The van der Waals surface area contributed by atoms with Gasteiger partial charge in [0.2, 0.25) is 10.0 Å². The molecule has 18 heavy (non-hydrogen) atoms. The van der Waals surface area contributed by atoms with E-state index in [4.69, 9.17) is 5.26 Å². The van der Waals surface area contributed by atoms with E-state index < -0.39 is 21.4 Å². The van der Waals surface area contributed by atoms with E-state index in [0.717, 1.165) is 6.07 Å². The average Bonchev–Trinajstić information content (AvgIpc) is 2.27. The lowest BCUT2D eigenvalue weighted by Crippen LogP contribution is -2.31. The fourth-order valence-corrected chi connectivity index (χ4v) is 2.50. The van der Waals surface area contributed by atoms with Gasteiger partial charge in [0.25, 0.3) is 0 Å². The maximum absolute atomic E-state index is 13.3. The Labute approximate surface area is 106 Å². The average molecular weight is 271 g/mol. The summed E-state index contributed by atoms with van der Waals surface area (Å²) in [5, 5.41) is 8.79. The van der Waals surface area contributed by atoms with Crippen LogP contribution in [0.25, 0.3) is 0 Å². The van der Waals surface area contributed by atoms with Crippen molar-refractivity contribution in [1.29, 1.82) is 5.26 Å². The van der Waals surface area contributed by atoms with Crippen molar-refractivity contribution in [2.45, 2.75) is 4.90 Å². The number of hydrogen-bond acceptors (Lipinski definition) is 4. The topological polar surface area (TPSA) is 73.2 Å². The monoisotopic (exact) mass is 271 g/mol. The van der Waals surface area contributed by atoms with Crippen LogP contribution in [0.4, 0.5) is 4.39 Å². The Bertz CT molecular complexity index is 564. The SMILES string of the molecule is CN(C)CCNS(=O)(=O)c1cccc(F)c1C#N. The molecule has 1 aromatic carbocycles. The predicted octanol–water partition coefficient (Wildman–Crippen LogP) is 0.537. The molecule has 7 heteroatoms. The van der Waals surface area contributed by atoms with Crippen LogP contribution in [0.15, 0.2) is 23.1 Å². The first-order valence-corrected chi connectivity index (χ1v) is 6.70. The maximum Gasteiger partial charge on any atom is 0.242 e. The van der Waals surface area contributed by atoms with E-state index in [1.54, 1.807) is 25.1 Å². The molecule has 0 unspecified atom stereocenters. The molecule has 0 saturated heterocycles. The lowest BCUT2D eigenvalue weighted by Gasteiger charge is -2.11. The molecule has 5 nitrogen and oxygen atoms in total. The zero-order valence-corrected chi connectivity index (χ0v) is 11.0. The van der Waals surface area contributed by atoms with E-state index in [-0.39, 0.29) is 11.4 Å². The predicted molar refractivity (Wildman–Crippen MR) is 64.9 cm³/mol. The second kappa shape index (κ2) is 5.91. The van der Waals surface area contributed by atoms with Crippen molar-refractivity contribution < 1.29 is 12.8 Å². The van der Waals surface area contributed by atoms with Crippen molar-refractivity contribution in [3.63, 3.8) is 0 Å². The van der Waals surface area contributed by atoms with Crippen LogP contribution in [0.5, 0.6) is 0 Å². The highest BCUT2D eigenvalue weighted by Crippen LogP contribution is 2.17. The molecule has 0 aromatic heterocycles. The maximum atomic E-state index is 13.3. The number of nitrogens with one attached hydrogen (secondary N) is 1. The molecule has 0 saturated carbocycles. The zero-order valence-electron chi connectivity index (χ0n) is 10.1. The van der Waals surface area contributed by atoms with Crippen LogP contribution in [0, 0.1) is 17.1 Å². The normalized spacial score (nSPS) is 11.5. The molecule has 0 heterocycles. The van der Waals surface area contributed by atoms with E-state index in [1.807, 2.05) is 0 Å². The Kier molecular flexibility index (Phi) is 4.78. The van der Waals surface area contributed by atoms with Gasteiger partial charge in [0.15, 0.2) is 0 Å². The molecule has 1 aromatic rings. The first-order valence-electron chi connectivity index (χ1n) is 5.21. The molecule has 0 aliphatic rings. The number of halogens is 1. The Morgan fingerprint density at radius 2 is 2.11 bits per heavy atom. The molecule has 0 amide bonds. The van der Waals surface area contributed by atoms with Gasteiger partial charge in [-0.3, -0.25) is 0 Å². The van der Waals surface area contributed by atoms with Gasteiger partial charge in [0, 0.05) is 13.1 Å². The molecular formula is C11H14FN3O2S. The molecule has 0 atom stereocenters. The summed E-state index contributed by atoms with van der Waals surface area (Å²) in [5.74, 6) is -0.840. The third kappa shape index (κ3) is 3.50. The number of nitrogens with zero attached hydrogens (tertiary/aromatic N) is 2. The van der Waals surface area contributed by atoms with Crippen molar-refractivity contribution in [1.82, 2.24) is 9.62 Å². The summed E-state index contributed by atoms with van der Waals surface area (Å²) in [7, 11) is -0.255. The van der Waals surface area contributed by atoms with Crippen LogP contribution in [-0.4, -0.2) is 40.5 Å². The van der Waals surface area contributed by atoms with E-state index >= 15 is 0 Å². The fourth-order valence-electron chi connectivity index (χ4n) is 1.32. The molecule has 98 valence electrons. The van der Waals surface area contributed by atoms with Crippen molar-refractivity contribution in [3.05, 3.63) is 29.6 Å². The first kappa shape index (κ1) is 14.6. The van der Waals surface area contributed by atoms with Crippen molar-refractivity contribution in [2.75, 3.05) is 27.2 Å². The number of nitriles is 1. The van der Waals surface area contributed by atoms with Gasteiger partial charge in [-0.25, -0.2) is 17.5 Å². The van der Waals surface area contributed by atoms with E-state index in [1.165, 1.54) is 12.1 Å². The Hall–Kier alpha value is -1.49. The Morgan fingerprint density at radius 1 is 1.44 bits per heavy atom. The summed E-state index contributed by atoms with van der Waals surface area (Å²) in [4.78, 5) is 1.48. The van der Waals surface area contributed by atoms with Gasteiger partial charge in [-0.2, -0.15) is 5.26 Å². The van der Waals surface area contributed by atoms with E-state index in [0.29, 0.717) is 6.54 Å². The molecular weight excluding hydrogens is 257 g/mol. The minimum absolute atomic E-state index is 0.191. The van der Waals surface area contributed by atoms with Gasteiger partial charge < -0.3 is 4.90 Å². The van der Waals surface area contributed by atoms with E-state index in [9.17, 15) is 12.8 Å². The summed E-state index contributed by atoms with van der Waals surface area (Å²) in [6.07, 6.45) is 0. The molecule has 1 N–H and O–H groups in total. The molecule has 0 aliphatic carbocycles. The minimum atomic E-state index is -3.86. The van der Waals surface area contributed by atoms with Gasteiger partial charge in [-0.1, -0.05) is 6.07 Å². The third-order valence-corrected chi connectivity index (χ3v) is 3.73. The van der Waals surface area contributed by atoms with Gasteiger partial charge >= 0.3 is 0 Å². The van der Waals surface area contributed by atoms with Crippen LogP contribution in [0.1, 0.15) is 5.56 Å². The molecule has 0 aliphatic heterocycles. The number of benzene rings is 1. The van der Waals surface area contributed by atoms with Crippen LogP contribution in [0.3, 0.4) is 0 Å². The minimum Gasteiger partial charge on any atom is -0.308 e. The standard InChI is InChI=1S/C11H14FN3O2S/c1-15(2)7-6-14-18(16,17)11-5-3-4-10(12)9(11)8-13/h3-5,14H,6-7H2,1-2H3. The zero-order chi connectivity index (χ0) is 13.8. The molecule has 0 bridgehead atoms. The van der Waals surface area contributed by atoms with Crippen LogP contribution < -0.4 is 4.72 Å². The summed E-state index contributed by atoms with van der Waals surface area (Å²) >= 11 is 0. The summed E-state index contributed by atoms with van der Waals surface area (Å²) in [6, 6.07) is 5.09.